The Morgan fingerprint density at radius 1 is 1.03 bits per heavy atom. The molecule has 5 rings (SSSR count). The topological polar surface area (TPSA) is 91.0 Å². The molecule has 2 aliphatic rings. The Kier molecular flexibility index (Phi) is 6.84. The number of imide groups is 1. The average molecular weight is 501 g/mol. The van der Waals surface area contributed by atoms with E-state index in [-0.39, 0.29) is 18.5 Å². The summed E-state index contributed by atoms with van der Waals surface area (Å²) < 4.78 is 5.57. The van der Waals surface area contributed by atoms with Gasteiger partial charge in [0.25, 0.3) is 5.91 Å². The van der Waals surface area contributed by atoms with E-state index in [4.69, 9.17) is 4.74 Å². The van der Waals surface area contributed by atoms with Crippen molar-refractivity contribution in [1.82, 2.24) is 20.4 Å². The van der Waals surface area contributed by atoms with Crippen LogP contribution in [0.4, 0.5) is 4.79 Å². The van der Waals surface area contributed by atoms with Gasteiger partial charge in [-0.15, -0.1) is 0 Å². The zero-order chi connectivity index (χ0) is 26.0. The van der Waals surface area contributed by atoms with Crippen LogP contribution in [0.2, 0.25) is 0 Å². The number of rotatable bonds is 8. The van der Waals surface area contributed by atoms with Crippen molar-refractivity contribution in [2.45, 2.75) is 31.3 Å². The first-order valence-electron chi connectivity index (χ1n) is 12.7. The lowest BCUT2D eigenvalue weighted by Crippen LogP contribution is -2.45. The number of hydrogen-bond donors (Lipinski definition) is 2. The number of fused-ring (bicyclic) bond motifs is 1. The molecule has 2 unspecified atom stereocenters. The molecule has 2 fully saturated rings. The van der Waals surface area contributed by atoms with Crippen molar-refractivity contribution in [3.8, 4) is 5.75 Å². The summed E-state index contributed by atoms with van der Waals surface area (Å²) in [6.07, 6.45) is 2.21. The molecule has 8 nitrogen and oxygen atoms in total. The van der Waals surface area contributed by atoms with Crippen molar-refractivity contribution in [2.24, 2.45) is 0 Å². The fraction of sp³-hybridized carbons (Fsp3) is 0.345. The van der Waals surface area contributed by atoms with Crippen LogP contribution in [0.5, 0.6) is 5.75 Å². The minimum atomic E-state index is -1.24. The van der Waals surface area contributed by atoms with Crippen LogP contribution in [-0.4, -0.2) is 60.9 Å². The molecule has 2 saturated heterocycles. The molecule has 37 heavy (non-hydrogen) atoms. The maximum Gasteiger partial charge on any atom is 0.325 e. The van der Waals surface area contributed by atoms with Crippen LogP contribution in [0.1, 0.15) is 36.9 Å². The molecular weight excluding hydrogens is 468 g/mol. The molecule has 0 aromatic heterocycles. The van der Waals surface area contributed by atoms with Crippen molar-refractivity contribution >= 4 is 28.6 Å². The predicted octanol–water partition coefficient (Wildman–Crippen LogP) is 3.57. The molecule has 2 N–H and O–H groups in total. The number of nitrogens with one attached hydrogen (secondary N) is 2. The smallest absolute Gasteiger partial charge is 0.325 e. The van der Waals surface area contributed by atoms with E-state index in [9.17, 15) is 14.4 Å². The molecule has 0 bridgehead atoms. The normalized spacial score (nSPS) is 20.8. The number of para-hydroxylation sites is 1. The molecule has 2 aliphatic heterocycles. The highest BCUT2D eigenvalue weighted by Gasteiger charge is 2.49. The van der Waals surface area contributed by atoms with E-state index >= 15 is 0 Å². The van der Waals surface area contributed by atoms with Gasteiger partial charge in [0, 0.05) is 12.1 Å². The highest BCUT2D eigenvalue weighted by molar-refractivity contribution is 6.09. The molecule has 0 aliphatic carbocycles. The Hall–Kier alpha value is -3.91. The third kappa shape index (κ3) is 4.76. The van der Waals surface area contributed by atoms with Gasteiger partial charge in [-0.25, -0.2) is 4.79 Å². The quantitative estimate of drug-likeness (QED) is 0.462. The third-order valence-electron chi connectivity index (χ3n) is 7.48. The average Bonchev–Trinajstić information content (AvgIpc) is 3.52. The van der Waals surface area contributed by atoms with Crippen LogP contribution >= 0.6 is 0 Å². The highest BCUT2D eigenvalue weighted by Crippen LogP contribution is 2.32. The largest absolute Gasteiger partial charge is 0.496 e. The van der Waals surface area contributed by atoms with Crippen molar-refractivity contribution < 1.29 is 19.1 Å². The van der Waals surface area contributed by atoms with Crippen LogP contribution in [0.25, 0.3) is 10.8 Å². The fourth-order valence-electron chi connectivity index (χ4n) is 5.38. The van der Waals surface area contributed by atoms with Crippen molar-refractivity contribution in [2.75, 3.05) is 33.3 Å². The summed E-state index contributed by atoms with van der Waals surface area (Å²) >= 11 is 0. The summed E-state index contributed by atoms with van der Waals surface area (Å²) in [5.74, 6) is -0.0528. The number of likely N-dealkylation sites (tertiary alicyclic amines) is 1. The van der Waals surface area contributed by atoms with Gasteiger partial charge in [0.2, 0.25) is 5.91 Å². The molecule has 3 aromatic carbocycles. The van der Waals surface area contributed by atoms with Crippen LogP contribution < -0.4 is 15.4 Å². The van der Waals surface area contributed by atoms with E-state index in [1.165, 1.54) is 0 Å². The Labute approximate surface area is 216 Å². The number of methoxy groups -OCH3 is 1. The summed E-state index contributed by atoms with van der Waals surface area (Å²) in [5.41, 5.74) is 0.445. The lowest BCUT2D eigenvalue weighted by atomic mass is 9.90. The maximum absolute atomic E-state index is 13.4. The Morgan fingerprint density at radius 3 is 2.49 bits per heavy atom. The first-order valence-corrected chi connectivity index (χ1v) is 12.7. The van der Waals surface area contributed by atoms with Gasteiger partial charge >= 0.3 is 6.03 Å². The van der Waals surface area contributed by atoms with Crippen molar-refractivity contribution in [3.05, 3.63) is 77.9 Å². The summed E-state index contributed by atoms with van der Waals surface area (Å²) in [6.45, 7) is 3.57. The van der Waals surface area contributed by atoms with Crippen molar-refractivity contribution in [1.29, 1.82) is 0 Å². The molecule has 4 amide bonds. The van der Waals surface area contributed by atoms with E-state index in [0.29, 0.717) is 12.1 Å². The number of amides is 4. The molecule has 2 heterocycles. The minimum Gasteiger partial charge on any atom is -0.496 e. The number of benzene rings is 3. The molecule has 2 atom stereocenters. The van der Waals surface area contributed by atoms with E-state index in [1.807, 2.05) is 66.7 Å². The lowest BCUT2D eigenvalue weighted by molar-refractivity contribution is -0.134. The Morgan fingerprint density at radius 2 is 1.73 bits per heavy atom. The number of ether oxygens (including phenoxy) is 1. The van der Waals surface area contributed by atoms with Crippen LogP contribution in [-0.2, 0) is 15.1 Å². The van der Waals surface area contributed by atoms with Gasteiger partial charge in [-0.3, -0.25) is 19.4 Å². The second-order valence-electron chi connectivity index (χ2n) is 9.81. The SMILES string of the molecule is COc1ccccc1C(CNC(=O)CN1C(=O)NC(C)(c2ccc3ccccc3c2)C1=O)N1CCCC1. The number of carbonyl (C=O) groups excluding carboxylic acids is 3. The van der Waals surface area contributed by atoms with Gasteiger partial charge in [0.05, 0.1) is 13.2 Å². The number of nitrogens with zero attached hydrogens (tertiary/aromatic N) is 2. The second kappa shape index (κ2) is 10.2. The number of hydrogen-bond acceptors (Lipinski definition) is 5. The van der Waals surface area contributed by atoms with Gasteiger partial charge < -0.3 is 15.4 Å². The van der Waals surface area contributed by atoms with Crippen LogP contribution in [0, 0.1) is 0 Å². The third-order valence-corrected chi connectivity index (χ3v) is 7.48. The van der Waals surface area contributed by atoms with Crippen molar-refractivity contribution in [3.63, 3.8) is 0 Å². The molecule has 0 radical (unpaired) electrons. The second-order valence-corrected chi connectivity index (χ2v) is 9.81. The van der Waals surface area contributed by atoms with E-state index < -0.39 is 17.5 Å². The minimum absolute atomic E-state index is 0.0615. The molecule has 192 valence electrons. The number of carbonyl (C=O) groups is 3. The molecular formula is C29H32N4O4. The maximum atomic E-state index is 13.4. The highest BCUT2D eigenvalue weighted by atomic mass is 16.5. The summed E-state index contributed by atoms with van der Waals surface area (Å²) in [5, 5.41) is 7.78. The first kappa shape index (κ1) is 24.8. The standard InChI is InChI=1S/C29H32N4O4/c1-29(22-14-13-20-9-3-4-10-21(20)17-22)27(35)33(28(36)31-29)19-26(34)30-18-24(32-15-7-8-16-32)23-11-5-6-12-25(23)37-2/h3-6,9-14,17,24H,7-8,15-16,18-19H2,1-2H3,(H,30,34)(H,31,36). The first-order chi connectivity index (χ1) is 17.9. The van der Waals surface area contributed by atoms with Gasteiger partial charge in [0.15, 0.2) is 0 Å². The molecule has 0 spiro atoms. The van der Waals surface area contributed by atoms with Gasteiger partial charge in [-0.2, -0.15) is 0 Å². The zero-order valence-electron chi connectivity index (χ0n) is 21.2. The van der Waals surface area contributed by atoms with Gasteiger partial charge in [0.1, 0.15) is 17.8 Å². The Balaban J connectivity index is 1.29. The lowest BCUT2D eigenvalue weighted by Gasteiger charge is -2.29. The van der Waals surface area contributed by atoms with E-state index in [1.54, 1.807) is 14.0 Å². The summed E-state index contributed by atoms with van der Waals surface area (Å²) in [6, 6.07) is 20.7. The fourth-order valence-corrected chi connectivity index (χ4v) is 5.38. The summed E-state index contributed by atoms with van der Waals surface area (Å²) in [4.78, 5) is 42.5. The van der Waals surface area contributed by atoms with Crippen LogP contribution in [0.15, 0.2) is 66.7 Å². The summed E-state index contributed by atoms with van der Waals surface area (Å²) in [7, 11) is 1.64. The van der Waals surface area contributed by atoms with Gasteiger partial charge in [-0.05, 0) is 61.3 Å². The van der Waals surface area contributed by atoms with E-state index in [2.05, 4.69) is 15.5 Å². The monoisotopic (exact) mass is 500 g/mol. The molecule has 8 heteroatoms. The number of urea groups is 1. The molecule has 0 saturated carbocycles. The van der Waals surface area contributed by atoms with E-state index in [0.717, 1.165) is 52.9 Å². The predicted molar refractivity (Wildman–Crippen MR) is 141 cm³/mol. The van der Waals surface area contributed by atoms with Gasteiger partial charge in [-0.1, -0.05) is 54.6 Å². The Bertz CT molecular complexity index is 1340. The zero-order valence-corrected chi connectivity index (χ0v) is 21.2. The molecule has 3 aromatic rings. The van der Waals surface area contributed by atoms with Crippen LogP contribution in [0.3, 0.4) is 0 Å².